The third-order valence-electron chi connectivity index (χ3n) is 3.44. The molecule has 2 aromatic heterocycles. The van der Waals surface area contributed by atoms with Gasteiger partial charge in [-0.3, -0.25) is 14.6 Å². The van der Waals surface area contributed by atoms with Crippen molar-refractivity contribution in [1.29, 1.82) is 0 Å². The van der Waals surface area contributed by atoms with Crippen LogP contribution >= 0.6 is 0 Å². The monoisotopic (exact) mass is 351 g/mol. The first-order chi connectivity index (χ1) is 12.6. The molecule has 2 heterocycles. The van der Waals surface area contributed by atoms with Crippen molar-refractivity contribution in [1.82, 2.24) is 15.1 Å². The zero-order valence-electron chi connectivity index (χ0n) is 14.1. The van der Waals surface area contributed by atoms with Gasteiger partial charge in [0.25, 0.3) is 0 Å². The summed E-state index contributed by atoms with van der Waals surface area (Å²) in [5.74, 6) is 0.521. The normalized spacial score (nSPS) is 10.3. The lowest BCUT2D eigenvalue weighted by Crippen LogP contribution is -2.12. The van der Waals surface area contributed by atoms with E-state index < -0.39 is 0 Å². The molecule has 0 aliphatic carbocycles. The van der Waals surface area contributed by atoms with Crippen LogP contribution in [-0.4, -0.2) is 26.9 Å². The predicted octanol–water partition coefficient (Wildman–Crippen LogP) is 2.66. The first kappa shape index (κ1) is 17.3. The molecule has 0 bridgehead atoms. The Balaban J connectivity index is 1.51. The number of aromatic nitrogens is 3. The molecule has 0 fully saturated rings. The molecule has 0 saturated carbocycles. The maximum Gasteiger partial charge on any atom is 0.227 e. The molecule has 0 aliphatic rings. The van der Waals surface area contributed by atoms with Crippen LogP contribution in [0.25, 0.3) is 11.4 Å². The average molecular weight is 351 g/mol. The van der Waals surface area contributed by atoms with E-state index in [1.807, 2.05) is 6.07 Å². The van der Waals surface area contributed by atoms with Crippen molar-refractivity contribution < 1.29 is 14.1 Å². The molecule has 0 saturated heterocycles. The number of benzene rings is 1. The number of nitrogens with zero attached hydrogens (tertiary/aromatic N) is 3. The number of hydrogen-bond acceptors (Lipinski definition) is 6. The van der Waals surface area contributed by atoms with Crippen molar-refractivity contribution in [2.75, 3.05) is 10.6 Å². The summed E-state index contributed by atoms with van der Waals surface area (Å²) in [6.45, 7) is 1.44. The molecule has 3 rings (SSSR count). The van der Waals surface area contributed by atoms with Crippen molar-refractivity contribution in [3.8, 4) is 11.4 Å². The summed E-state index contributed by atoms with van der Waals surface area (Å²) in [6.07, 6.45) is 3.86. The Labute approximate surface area is 149 Å². The highest BCUT2D eigenvalue weighted by Gasteiger charge is 2.11. The fraction of sp³-hybridized carbons (Fsp3) is 0.167. The molecule has 0 atom stereocenters. The molecule has 8 nitrogen and oxygen atoms in total. The van der Waals surface area contributed by atoms with Gasteiger partial charge in [-0.1, -0.05) is 5.16 Å². The highest BCUT2D eigenvalue weighted by Crippen LogP contribution is 2.16. The van der Waals surface area contributed by atoms with E-state index in [1.54, 1.807) is 42.7 Å². The Morgan fingerprint density at radius 2 is 1.81 bits per heavy atom. The van der Waals surface area contributed by atoms with Crippen molar-refractivity contribution in [3.05, 3.63) is 54.7 Å². The number of amides is 2. The Hall–Kier alpha value is -3.55. The zero-order valence-corrected chi connectivity index (χ0v) is 14.1. The third-order valence-corrected chi connectivity index (χ3v) is 3.44. The lowest BCUT2D eigenvalue weighted by atomic mass is 10.2. The minimum atomic E-state index is -0.168. The smallest absolute Gasteiger partial charge is 0.227 e. The van der Waals surface area contributed by atoms with Gasteiger partial charge in [0.2, 0.25) is 23.5 Å². The molecule has 132 valence electrons. The maximum atomic E-state index is 12.0. The van der Waals surface area contributed by atoms with Crippen LogP contribution in [0.3, 0.4) is 0 Å². The van der Waals surface area contributed by atoms with Gasteiger partial charge in [-0.2, -0.15) is 4.98 Å². The number of nitrogens with one attached hydrogen (secondary N) is 2. The van der Waals surface area contributed by atoms with Gasteiger partial charge >= 0.3 is 0 Å². The minimum Gasteiger partial charge on any atom is -0.339 e. The molecule has 8 heteroatoms. The van der Waals surface area contributed by atoms with Gasteiger partial charge in [-0.05, 0) is 36.4 Å². The summed E-state index contributed by atoms with van der Waals surface area (Å²) >= 11 is 0. The number of carbonyl (C=O) groups is 2. The van der Waals surface area contributed by atoms with E-state index in [9.17, 15) is 9.59 Å². The van der Waals surface area contributed by atoms with Crippen LogP contribution in [0.5, 0.6) is 0 Å². The number of anilines is 2. The fourth-order valence-electron chi connectivity index (χ4n) is 2.25. The summed E-state index contributed by atoms with van der Waals surface area (Å²) < 4.78 is 5.16. The molecule has 0 radical (unpaired) electrons. The van der Waals surface area contributed by atoms with Gasteiger partial charge in [0.1, 0.15) is 0 Å². The molecular weight excluding hydrogens is 334 g/mol. The Morgan fingerprint density at radius 3 is 2.46 bits per heavy atom. The molecular formula is C18H17N5O3. The van der Waals surface area contributed by atoms with E-state index in [0.717, 1.165) is 5.56 Å². The van der Waals surface area contributed by atoms with E-state index >= 15 is 0 Å². The Morgan fingerprint density at radius 1 is 1.08 bits per heavy atom. The second-order valence-electron chi connectivity index (χ2n) is 5.56. The lowest BCUT2D eigenvalue weighted by molar-refractivity contribution is -0.116. The predicted molar refractivity (Wildman–Crippen MR) is 95.2 cm³/mol. The van der Waals surface area contributed by atoms with Crippen LogP contribution in [0, 0.1) is 0 Å². The zero-order chi connectivity index (χ0) is 18.4. The van der Waals surface area contributed by atoms with E-state index in [0.29, 0.717) is 29.5 Å². The Bertz CT molecular complexity index is 891. The SMILES string of the molecule is CC(=O)Nc1ccc(NC(=O)CCc2nc(-c3cccnc3)no2)cc1. The summed E-state index contributed by atoms with van der Waals surface area (Å²) in [6, 6.07) is 10.5. The molecule has 0 unspecified atom stereocenters. The first-order valence-electron chi connectivity index (χ1n) is 8.00. The van der Waals surface area contributed by atoms with Crippen LogP contribution in [0.15, 0.2) is 53.3 Å². The number of aryl methyl sites for hydroxylation is 1. The van der Waals surface area contributed by atoms with Crippen LogP contribution < -0.4 is 10.6 Å². The Kier molecular flexibility index (Phi) is 5.33. The van der Waals surface area contributed by atoms with Crippen molar-refractivity contribution in [3.63, 3.8) is 0 Å². The van der Waals surface area contributed by atoms with Crippen LogP contribution in [0.4, 0.5) is 11.4 Å². The number of pyridine rings is 1. The van der Waals surface area contributed by atoms with Gasteiger partial charge in [0, 0.05) is 49.1 Å². The first-order valence-corrected chi connectivity index (χ1v) is 8.00. The number of rotatable bonds is 6. The molecule has 2 N–H and O–H groups in total. The van der Waals surface area contributed by atoms with Gasteiger partial charge in [-0.25, -0.2) is 0 Å². The van der Waals surface area contributed by atoms with E-state index in [2.05, 4.69) is 25.8 Å². The molecule has 0 aliphatic heterocycles. The second-order valence-corrected chi connectivity index (χ2v) is 5.56. The van der Waals surface area contributed by atoms with Crippen molar-refractivity contribution in [2.45, 2.75) is 19.8 Å². The number of carbonyl (C=O) groups excluding carboxylic acids is 2. The van der Waals surface area contributed by atoms with Crippen molar-refractivity contribution in [2.24, 2.45) is 0 Å². The van der Waals surface area contributed by atoms with Gasteiger partial charge in [0.15, 0.2) is 0 Å². The maximum absolute atomic E-state index is 12.0. The quantitative estimate of drug-likeness (QED) is 0.706. The summed E-state index contributed by atoms with van der Waals surface area (Å²) in [7, 11) is 0. The minimum absolute atomic E-state index is 0.146. The highest BCUT2D eigenvalue weighted by molar-refractivity contribution is 5.92. The van der Waals surface area contributed by atoms with Crippen molar-refractivity contribution >= 4 is 23.2 Å². The standard InChI is InChI=1S/C18H17N5O3/c1-12(24)20-14-4-6-15(7-5-14)21-16(25)8-9-17-22-18(23-26-17)13-3-2-10-19-11-13/h2-7,10-11H,8-9H2,1H3,(H,20,24)(H,21,25). The fourth-order valence-corrected chi connectivity index (χ4v) is 2.25. The highest BCUT2D eigenvalue weighted by atomic mass is 16.5. The second kappa shape index (κ2) is 8.02. The van der Waals surface area contributed by atoms with E-state index in [4.69, 9.17) is 4.52 Å². The van der Waals surface area contributed by atoms with Gasteiger partial charge in [-0.15, -0.1) is 0 Å². The molecule has 1 aromatic carbocycles. The molecule has 0 spiro atoms. The van der Waals surface area contributed by atoms with E-state index in [-0.39, 0.29) is 18.2 Å². The molecule has 3 aromatic rings. The van der Waals surface area contributed by atoms with Gasteiger partial charge < -0.3 is 15.2 Å². The van der Waals surface area contributed by atoms with Crippen LogP contribution in [0.1, 0.15) is 19.2 Å². The number of hydrogen-bond donors (Lipinski definition) is 2. The third kappa shape index (κ3) is 4.73. The lowest BCUT2D eigenvalue weighted by Gasteiger charge is -2.06. The average Bonchev–Trinajstić information content (AvgIpc) is 3.11. The van der Waals surface area contributed by atoms with Crippen LogP contribution in [-0.2, 0) is 16.0 Å². The van der Waals surface area contributed by atoms with Crippen LogP contribution in [0.2, 0.25) is 0 Å². The summed E-state index contributed by atoms with van der Waals surface area (Å²) in [5.41, 5.74) is 2.07. The summed E-state index contributed by atoms with van der Waals surface area (Å²) in [5, 5.41) is 9.33. The molecule has 2 amide bonds. The summed E-state index contributed by atoms with van der Waals surface area (Å²) in [4.78, 5) is 31.3. The molecule has 26 heavy (non-hydrogen) atoms. The van der Waals surface area contributed by atoms with E-state index in [1.165, 1.54) is 6.92 Å². The largest absolute Gasteiger partial charge is 0.339 e. The topological polar surface area (TPSA) is 110 Å². The van der Waals surface area contributed by atoms with Gasteiger partial charge in [0.05, 0.1) is 0 Å².